The normalized spacial score (nSPS) is 19.0. The molecule has 1 aromatic heterocycles. The molecular formula is C20H27N. The average molecular weight is 281 g/mol. The molecule has 1 N–H and O–H groups in total. The number of allylic oxidation sites excluding steroid dienone is 1. The van der Waals surface area contributed by atoms with E-state index in [1.54, 1.807) is 0 Å². The van der Waals surface area contributed by atoms with Crippen LogP contribution in [0.15, 0.2) is 24.3 Å². The van der Waals surface area contributed by atoms with Crippen LogP contribution in [0.1, 0.15) is 58.4 Å². The van der Waals surface area contributed by atoms with Gasteiger partial charge in [-0.3, -0.25) is 0 Å². The Hall–Kier alpha value is -1.50. The molecule has 1 aliphatic carbocycles. The van der Waals surface area contributed by atoms with Crippen LogP contribution in [-0.4, -0.2) is 4.98 Å². The molecule has 2 aromatic rings. The lowest BCUT2D eigenvalue weighted by Crippen LogP contribution is -2.22. The van der Waals surface area contributed by atoms with Crippen molar-refractivity contribution in [2.75, 3.05) is 0 Å². The molecule has 1 aliphatic rings. The van der Waals surface area contributed by atoms with Crippen molar-refractivity contribution in [3.63, 3.8) is 0 Å². The Morgan fingerprint density at radius 1 is 1.05 bits per heavy atom. The van der Waals surface area contributed by atoms with Crippen molar-refractivity contribution in [1.82, 2.24) is 4.98 Å². The zero-order valence-corrected chi connectivity index (χ0v) is 14.2. The van der Waals surface area contributed by atoms with E-state index in [0.29, 0.717) is 11.3 Å². The van der Waals surface area contributed by atoms with E-state index in [9.17, 15) is 0 Å². The van der Waals surface area contributed by atoms with Crippen molar-refractivity contribution in [3.05, 3.63) is 41.1 Å². The Morgan fingerprint density at radius 3 is 2.38 bits per heavy atom. The molecule has 0 bridgehead atoms. The minimum absolute atomic E-state index is 0.201. The lowest BCUT2D eigenvalue weighted by molar-refractivity contribution is 0.291. The second-order valence-electron chi connectivity index (χ2n) is 8.56. The van der Waals surface area contributed by atoms with Crippen LogP contribution in [0.4, 0.5) is 0 Å². The summed E-state index contributed by atoms with van der Waals surface area (Å²) in [6.07, 6.45) is 5.80. The first-order chi connectivity index (χ1) is 9.66. The predicted molar refractivity (Wildman–Crippen MR) is 92.7 cm³/mol. The van der Waals surface area contributed by atoms with Gasteiger partial charge in [0.2, 0.25) is 0 Å². The number of hydrogen-bond acceptors (Lipinski definition) is 0. The minimum Gasteiger partial charge on any atom is -0.355 e. The largest absolute Gasteiger partial charge is 0.355 e. The second kappa shape index (κ2) is 4.50. The minimum atomic E-state index is 0.201. The third kappa shape index (κ3) is 2.54. The van der Waals surface area contributed by atoms with Gasteiger partial charge in [0.1, 0.15) is 0 Å². The van der Waals surface area contributed by atoms with Gasteiger partial charge in [-0.05, 0) is 52.5 Å². The molecule has 112 valence electrons. The first kappa shape index (κ1) is 14.4. The van der Waals surface area contributed by atoms with Gasteiger partial charge >= 0.3 is 0 Å². The van der Waals surface area contributed by atoms with E-state index in [-0.39, 0.29) is 5.41 Å². The Labute approximate surface area is 128 Å². The zero-order valence-electron chi connectivity index (χ0n) is 14.2. The first-order valence-electron chi connectivity index (χ1n) is 7.99. The number of aromatic nitrogens is 1. The van der Waals surface area contributed by atoms with Crippen LogP contribution < -0.4 is 0 Å². The highest BCUT2D eigenvalue weighted by Crippen LogP contribution is 2.38. The van der Waals surface area contributed by atoms with E-state index >= 15 is 0 Å². The van der Waals surface area contributed by atoms with Crippen LogP contribution in [0, 0.1) is 11.3 Å². The topological polar surface area (TPSA) is 15.8 Å². The van der Waals surface area contributed by atoms with Crippen LogP contribution in [-0.2, 0) is 11.8 Å². The van der Waals surface area contributed by atoms with Crippen molar-refractivity contribution >= 4 is 17.0 Å². The van der Waals surface area contributed by atoms with E-state index in [4.69, 9.17) is 0 Å². The van der Waals surface area contributed by atoms with Crippen molar-refractivity contribution < 1.29 is 0 Å². The number of hydrogen-bond donors (Lipinski definition) is 1. The number of rotatable bonds is 0. The van der Waals surface area contributed by atoms with Gasteiger partial charge in [0.05, 0.1) is 0 Å². The van der Waals surface area contributed by atoms with Crippen LogP contribution in [0.3, 0.4) is 0 Å². The zero-order chi connectivity index (χ0) is 15.4. The molecule has 21 heavy (non-hydrogen) atoms. The maximum absolute atomic E-state index is 3.58. The smallest absolute Gasteiger partial charge is 0.0461 e. The van der Waals surface area contributed by atoms with Crippen LogP contribution in [0.2, 0.25) is 0 Å². The van der Waals surface area contributed by atoms with Crippen LogP contribution in [0.25, 0.3) is 17.0 Å². The summed E-state index contributed by atoms with van der Waals surface area (Å²) in [5, 5.41) is 1.41. The highest BCUT2D eigenvalue weighted by Gasteiger charge is 2.27. The molecule has 0 saturated heterocycles. The summed E-state index contributed by atoms with van der Waals surface area (Å²) < 4.78 is 0. The summed E-state index contributed by atoms with van der Waals surface area (Å²) in [5.74, 6) is 0.613. The molecule has 1 heteroatoms. The summed E-state index contributed by atoms with van der Waals surface area (Å²) in [6, 6.07) is 6.90. The lowest BCUT2D eigenvalue weighted by Gasteiger charge is -2.30. The Morgan fingerprint density at radius 2 is 1.76 bits per heavy atom. The Balaban J connectivity index is 2.12. The fourth-order valence-corrected chi connectivity index (χ4v) is 3.19. The molecule has 1 atom stereocenters. The number of nitrogens with one attached hydrogen (secondary N) is 1. The predicted octanol–water partition coefficient (Wildman–Crippen LogP) is 5.70. The van der Waals surface area contributed by atoms with Gasteiger partial charge in [0.15, 0.2) is 0 Å². The number of H-pyrrole nitrogens is 1. The lowest BCUT2D eigenvalue weighted by atomic mass is 9.74. The van der Waals surface area contributed by atoms with Gasteiger partial charge in [-0.25, -0.2) is 0 Å². The number of fused-ring (bicyclic) bond motifs is 3. The van der Waals surface area contributed by atoms with Crippen LogP contribution in [0.5, 0.6) is 0 Å². The standard InChI is InChI=1S/C20H27N/c1-19(2,3)13-7-9-17-15(11-13)16-12-14(20(4,5)6)8-10-18(16)21-17/h7-11,14,21H,12H2,1-6H3. The van der Waals surface area contributed by atoms with Crippen molar-refractivity contribution in [3.8, 4) is 0 Å². The molecule has 1 unspecified atom stereocenters. The van der Waals surface area contributed by atoms with Gasteiger partial charge in [-0.1, -0.05) is 53.7 Å². The van der Waals surface area contributed by atoms with E-state index in [2.05, 4.69) is 76.9 Å². The first-order valence-corrected chi connectivity index (χ1v) is 7.99. The van der Waals surface area contributed by atoms with Crippen LogP contribution >= 0.6 is 0 Å². The average Bonchev–Trinajstić information content (AvgIpc) is 2.73. The fraction of sp³-hybridized carbons (Fsp3) is 0.500. The van der Waals surface area contributed by atoms with Crippen molar-refractivity contribution in [2.45, 2.75) is 53.4 Å². The maximum Gasteiger partial charge on any atom is 0.0461 e. The van der Waals surface area contributed by atoms with Crippen molar-refractivity contribution in [1.29, 1.82) is 0 Å². The van der Waals surface area contributed by atoms with Gasteiger partial charge in [-0.2, -0.15) is 0 Å². The molecule has 1 heterocycles. The summed E-state index contributed by atoms with van der Waals surface area (Å²) in [4.78, 5) is 3.58. The van der Waals surface area contributed by atoms with Gasteiger partial charge in [0, 0.05) is 16.6 Å². The number of benzene rings is 1. The quantitative estimate of drug-likeness (QED) is 0.638. The van der Waals surface area contributed by atoms with Gasteiger partial charge in [-0.15, -0.1) is 0 Å². The van der Waals surface area contributed by atoms with E-state index < -0.39 is 0 Å². The Bertz CT molecular complexity index is 702. The summed E-state index contributed by atoms with van der Waals surface area (Å²) >= 11 is 0. The van der Waals surface area contributed by atoms with Crippen molar-refractivity contribution in [2.24, 2.45) is 11.3 Å². The summed E-state index contributed by atoms with van der Waals surface area (Å²) in [5.41, 5.74) is 6.01. The molecule has 0 radical (unpaired) electrons. The molecule has 1 nitrogen and oxygen atoms in total. The van der Waals surface area contributed by atoms with Gasteiger partial charge in [0.25, 0.3) is 0 Å². The molecule has 0 spiro atoms. The molecular weight excluding hydrogens is 254 g/mol. The van der Waals surface area contributed by atoms with E-state index in [1.807, 2.05) is 0 Å². The summed E-state index contributed by atoms with van der Waals surface area (Å²) in [6.45, 7) is 13.9. The van der Waals surface area contributed by atoms with Gasteiger partial charge < -0.3 is 4.98 Å². The summed E-state index contributed by atoms with van der Waals surface area (Å²) in [7, 11) is 0. The molecule has 0 fully saturated rings. The molecule has 1 aromatic carbocycles. The second-order valence-corrected chi connectivity index (χ2v) is 8.56. The third-order valence-corrected chi connectivity index (χ3v) is 4.84. The number of aromatic amines is 1. The highest BCUT2D eigenvalue weighted by molar-refractivity contribution is 5.88. The van der Waals surface area contributed by atoms with E-state index in [1.165, 1.54) is 27.7 Å². The molecule has 0 amide bonds. The highest BCUT2D eigenvalue weighted by atomic mass is 14.7. The third-order valence-electron chi connectivity index (χ3n) is 4.84. The molecule has 0 aliphatic heterocycles. The maximum atomic E-state index is 3.58. The monoisotopic (exact) mass is 281 g/mol. The SMILES string of the molecule is CC(C)(C)c1ccc2[nH]c3c(c2c1)CC(C(C)(C)C)C=C3. The molecule has 3 rings (SSSR count). The molecule has 0 saturated carbocycles. The fourth-order valence-electron chi connectivity index (χ4n) is 3.19. The van der Waals surface area contributed by atoms with E-state index in [0.717, 1.165) is 6.42 Å². The Kier molecular flexibility index (Phi) is 3.09.